The summed E-state index contributed by atoms with van der Waals surface area (Å²) in [6.45, 7) is 0. The van der Waals surface area contributed by atoms with E-state index in [1.165, 1.54) is 0 Å². The van der Waals surface area contributed by atoms with Crippen molar-refractivity contribution >= 4 is 38.3 Å². The summed E-state index contributed by atoms with van der Waals surface area (Å²) in [6, 6.07) is 7.80. The molecule has 2 aromatic rings. The van der Waals surface area contributed by atoms with Gasteiger partial charge in [-0.3, -0.25) is 0 Å². The highest BCUT2D eigenvalue weighted by atomic mass is 79.9. The molecule has 1 aromatic carbocycles. The van der Waals surface area contributed by atoms with Gasteiger partial charge in [0.1, 0.15) is 5.15 Å². The topological polar surface area (TPSA) is 22.1 Å². The molecule has 0 radical (unpaired) electrons. The molecule has 2 nitrogen and oxygen atoms in total. The van der Waals surface area contributed by atoms with E-state index in [2.05, 4.69) is 20.9 Å². The normalized spacial score (nSPS) is 10.5. The largest absolute Gasteiger partial charge is 0.481 e. The molecule has 0 unspecified atom stereocenters. The van der Waals surface area contributed by atoms with Crippen LogP contribution in [0, 0.1) is 0 Å². The minimum Gasteiger partial charge on any atom is -0.481 e. The van der Waals surface area contributed by atoms with Gasteiger partial charge in [0.05, 0.1) is 11.6 Å². The first-order valence-corrected chi connectivity index (χ1v) is 5.19. The number of aromatic nitrogens is 1. The van der Waals surface area contributed by atoms with Crippen LogP contribution in [-0.4, -0.2) is 12.1 Å². The zero-order valence-corrected chi connectivity index (χ0v) is 9.76. The number of fused-ring (bicyclic) bond motifs is 1. The van der Waals surface area contributed by atoms with Crippen LogP contribution in [0.4, 0.5) is 0 Å². The quantitative estimate of drug-likeness (QED) is 0.739. The molecule has 0 amide bonds. The number of halogens is 2. The SMILES string of the molecule is COc1nc(Cl)c(Br)c2ccccc12. The van der Waals surface area contributed by atoms with Crippen LogP contribution in [0.2, 0.25) is 5.15 Å². The van der Waals surface area contributed by atoms with E-state index in [1.807, 2.05) is 24.3 Å². The van der Waals surface area contributed by atoms with Gasteiger partial charge in [-0.1, -0.05) is 29.8 Å². The predicted octanol–water partition coefficient (Wildman–Crippen LogP) is 3.66. The van der Waals surface area contributed by atoms with Crippen molar-refractivity contribution in [2.24, 2.45) is 0 Å². The molecule has 1 aromatic heterocycles. The summed E-state index contributed by atoms with van der Waals surface area (Å²) in [6.07, 6.45) is 0. The Morgan fingerprint density at radius 2 is 1.93 bits per heavy atom. The molecule has 0 aliphatic carbocycles. The average molecular weight is 273 g/mol. The highest BCUT2D eigenvalue weighted by molar-refractivity contribution is 9.10. The number of hydrogen-bond acceptors (Lipinski definition) is 2. The second-order valence-corrected chi connectivity index (χ2v) is 3.92. The molecule has 4 heteroatoms. The number of benzene rings is 1. The van der Waals surface area contributed by atoms with Crippen molar-refractivity contribution in [3.05, 3.63) is 33.9 Å². The van der Waals surface area contributed by atoms with E-state index in [9.17, 15) is 0 Å². The molecule has 0 saturated heterocycles. The summed E-state index contributed by atoms with van der Waals surface area (Å²) in [4.78, 5) is 4.12. The zero-order valence-electron chi connectivity index (χ0n) is 7.42. The van der Waals surface area contributed by atoms with Gasteiger partial charge in [-0.15, -0.1) is 0 Å². The smallest absolute Gasteiger partial charge is 0.222 e. The van der Waals surface area contributed by atoms with Crippen molar-refractivity contribution in [3.8, 4) is 5.88 Å². The fourth-order valence-corrected chi connectivity index (χ4v) is 1.94. The number of methoxy groups -OCH3 is 1. The Balaban J connectivity index is 2.89. The monoisotopic (exact) mass is 271 g/mol. The van der Waals surface area contributed by atoms with E-state index in [1.54, 1.807) is 7.11 Å². The Bertz CT molecular complexity index is 487. The maximum atomic E-state index is 5.93. The molecular weight excluding hydrogens is 265 g/mol. The first-order chi connectivity index (χ1) is 6.74. The number of hydrogen-bond donors (Lipinski definition) is 0. The van der Waals surface area contributed by atoms with Crippen molar-refractivity contribution in [2.45, 2.75) is 0 Å². The van der Waals surface area contributed by atoms with Crippen LogP contribution in [0.5, 0.6) is 5.88 Å². The maximum Gasteiger partial charge on any atom is 0.222 e. The summed E-state index contributed by atoms with van der Waals surface area (Å²) < 4.78 is 5.95. The van der Waals surface area contributed by atoms with Gasteiger partial charge in [0.25, 0.3) is 0 Å². The average Bonchev–Trinajstić information content (AvgIpc) is 2.23. The van der Waals surface area contributed by atoms with Gasteiger partial charge in [0.15, 0.2) is 0 Å². The van der Waals surface area contributed by atoms with Crippen LogP contribution in [-0.2, 0) is 0 Å². The molecule has 0 spiro atoms. The summed E-state index contributed by atoms with van der Waals surface area (Å²) in [5.74, 6) is 0.550. The van der Waals surface area contributed by atoms with E-state index in [0.717, 1.165) is 15.2 Å². The Hall–Kier alpha value is -0.800. The van der Waals surface area contributed by atoms with Gasteiger partial charge in [0.2, 0.25) is 5.88 Å². The highest BCUT2D eigenvalue weighted by Crippen LogP contribution is 2.34. The molecule has 14 heavy (non-hydrogen) atoms. The molecule has 72 valence electrons. The Labute approximate surface area is 95.0 Å². The van der Waals surface area contributed by atoms with Crippen LogP contribution >= 0.6 is 27.5 Å². The van der Waals surface area contributed by atoms with Crippen molar-refractivity contribution in [1.29, 1.82) is 0 Å². The van der Waals surface area contributed by atoms with Crippen LogP contribution in [0.3, 0.4) is 0 Å². The standard InChI is InChI=1S/C10H7BrClNO/c1-14-10-7-5-3-2-4-6(7)8(11)9(12)13-10/h2-5H,1H3. The second kappa shape index (κ2) is 3.75. The van der Waals surface area contributed by atoms with Crippen molar-refractivity contribution in [1.82, 2.24) is 4.98 Å². The third kappa shape index (κ3) is 1.47. The van der Waals surface area contributed by atoms with Crippen LogP contribution in [0.15, 0.2) is 28.7 Å². The fraction of sp³-hybridized carbons (Fsp3) is 0.100. The third-order valence-electron chi connectivity index (χ3n) is 1.97. The lowest BCUT2D eigenvalue weighted by atomic mass is 10.2. The van der Waals surface area contributed by atoms with Crippen molar-refractivity contribution in [2.75, 3.05) is 7.11 Å². The molecule has 0 fully saturated rings. The predicted molar refractivity (Wildman–Crippen MR) is 61.0 cm³/mol. The minimum absolute atomic E-state index is 0.417. The molecular formula is C10H7BrClNO. The van der Waals surface area contributed by atoms with Gasteiger partial charge in [0, 0.05) is 10.8 Å². The lowest BCUT2D eigenvalue weighted by molar-refractivity contribution is 0.403. The van der Waals surface area contributed by atoms with E-state index in [0.29, 0.717) is 11.0 Å². The molecule has 0 atom stereocenters. The number of rotatable bonds is 1. The maximum absolute atomic E-state index is 5.93. The lowest BCUT2D eigenvalue weighted by Gasteiger charge is -2.06. The van der Waals surface area contributed by atoms with Crippen LogP contribution in [0.1, 0.15) is 0 Å². The Morgan fingerprint density at radius 3 is 2.57 bits per heavy atom. The molecule has 0 aliphatic rings. The molecule has 0 aliphatic heterocycles. The molecule has 0 N–H and O–H groups in total. The molecule has 1 heterocycles. The van der Waals surface area contributed by atoms with Crippen molar-refractivity contribution < 1.29 is 4.74 Å². The summed E-state index contributed by atoms with van der Waals surface area (Å²) >= 11 is 9.33. The molecule has 2 rings (SSSR count). The Morgan fingerprint density at radius 1 is 1.29 bits per heavy atom. The summed E-state index contributed by atoms with van der Waals surface area (Å²) in [5.41, 5.74) is 0. The van der Waals surface area contributed by atoms with Gasteiger partial charge in [-0.2, -0.15) is 4.98 Å². The van der Waals surface area contributed by atoms with E-state index >= 15 is 0 Å². The third-order valence-corrected chi connectivity index (χ3v) is 3.27. The molecule has 0 bridgehead atoms. The van der Waals surface area contributed by atoms with Crippen LogP contribution in [0.25, 0.3) is 10.8 Å². The first-order valence-electron chi connectivity index (χ1n) is 4.01. The second-order valence-electron chi connectivity index (χ2n) is 2.77. The van der Waals surface area contributed by atoms with Gasteiger partial charge in [-0.05, 0) is 22.0 Å². The van der Waals surface area contributed by atoms with Gasteiger partial charge >= 0.3 is 0 Å². The lowest BCUT2D eigenvalue weighted by Crippen LogP contribution is -1.90. The number of pyridine rings is 1. The number of ether oxygens (including phenoxy) is 1. The minimum atomic E-state index is 0.417. The zero-order chi connectivity index (χ0) is 10.1. The highest BCUT2D eigenvalue weighted by Gasteiger charge is 2.09. The first kappa shape index (κ1) is 9.74. The Kier molecular flexibility index (Phi) is 2.61. The van der Waals surface area contributed by atoms with Gasteiger partial charge < -0.3 is 4.74 Å². The van der Waals surface area contributed by atoms with Gasteiger partial charge in [-0.25, -0.2) is 0 Å². The fourth-order valence-electron chi connectivity index (χ4n) is 1.33. The van der Waals surface area contributed by atoms with E-state index in [4.69, 9.17) is 16.3 Å². The number of nitrogens with zero attached hydrogens (tertiary/aromatic N) is 1. The summed E-state index contributed by atoms with van der Waals surface area (Å²) in [5, 5.41) is 2.37. The van der Waals surface area contributed by atoms with E-state index in [-0.39, 0.29) is 0 Å². The van der Waals surface area contributed by atoms with Crippen molar-refractivity contribution in [3.63, 3.8) is 0 Å². The van der Waals surface area contributed by atoms with E-state index < -0.39 is 0 Å². The van der Waals surface area contributed by atoms with Crippen LogP contribution < -0.4 is 4.74 Å². The summed E-state index contributed by atoms with van der Waals surface area (Å²) in [7, 11) is 1.58. The molecule has 0 saturated carbocycles.